The second-order valence-corrected chi connectivity index (χ2v) is 6.86. The molecular weight excluding hydrogens is 280 g/mol. The summed E-state index contributed by atoms with van der Waals surface area (Å²) >= 11 is 0. The fourth-order valence-corrected chi connectivity index (χ4v) is 4.36. The molecule has 0 aliphatic carbocycles. The van der Waals surface area contributed by atoms with E-state index >= 15 is 0 Å². The molecule has 3 rings (SSSR count). The predicted molar refractivity (Wildman–Crippen MR) is 70.4 cm³/mol. The number of aromatic amines is 1. The van der Waals surface area contributed by atoms with E-state index in [9.17, 15) is 8.42 Å². The Morgan fingerprint density at radius 3 is 2.85 bits per heavy atom. The van der Waals surface area contributed by atoms with E-state index in [1.165, 1.54) is 10.5 Å². The van der Waals surface area contributed by atoms with E-state index in [-0.39, 0.29) is 10.9 Å². The maximum Gasteiger partial charge on any atom is 0.247 e. The van der Waals surface area contributed by atoms with Crippen LogP contribution in [-0.2, 0) is 10.0 Å². The van der Waals surface area contributed by atoms with Gasteiger partial charge in [0.05, 0.1) is 23.6 Å². The van der Waals surface area contributed by atoms with Gasteiger partial charge in [-0.3, -0.25) is 5.10 Å². The maximum absolute atomic E-state index is 12.7. The van der Waals surface area contributed by atoms with Crippen LogP contribution in [0.15, 0.2) is 21.7 Å². The lowest BCUT2D eigenvalue weighted by Crippen LogP contribution is -2.30. The van der Waals surface area contributed by atoms with Crippen molar-refractivity contribution in [1.29, 1.82) is 0 Å². The van der Waals surface area contributed by atoms with Gasteiger partial charge in [0.1, 0.15) is 4.90 Å². The lowest BCUT2D eigenvalue weighted by Gasteiger charge is -2.21. The van der Waals surface area contributed by atoms with Crippen molar-refractivity contribution in [3.8, 4) is 0 Å². The average molecular weight is 296 g/mol. The first-order valence-corrected chi connectivity index (χ1v) is 7.89. The Kier molecular flexibility index (Phi) is 3.14. The second-order valence-electron chi connectivity index (χ2n) is 5.00. The van der Waals surface area contributed by atoms with Crippen LogP contribution in [0.25, 0.3) is 0 Å². The van der Waals surface area contributed by atoms with Gasteiger partial charge in [-0.1, -0.05) is 5.16 Å². The molecule has 0 spiro atoms. The number of aromatic nitrogens is 3. The van der Waals surface area contributed by atoms with E-state index in [2.05, 4.69) is 15.4 Å². The standard InChI is InChI=1S/C12H16N4O3S/c1-8-6-11(19-15-8)10-4-3-5-16(10)20(17,18)12-7-13-14-9(12)2/h6-7,10H,3-5H2,1-2H3,(H,13,14). The first-order valence-electron chi connectivity index (χ1n) is 6.45. The Labute approximate surface area is 117 Å². The monoisotopic (exact) mass is 296 g/mol. The zero-order valence-electron chi connectivity index (χ0n) is 11.3. The van der Waals surface area contributed by atoms with Gasteiger partial charge in [-0.05, 0) is 26.7 Å². The van der Waals surface area contributed by atoms with Crippen molar-refractivity contribution in [3.63, 3.8) is 0 Å². The van der Waals surface area contributed by atoms with Crippen LogP contribution in [0.1, 0.15) is 36.0 Å². The molecule has 1 aliphatic heterocycles. The molecule has 2 aromatic heterocycles. The quantitative estimate of drug-likeness (QED) is 0.927. The first-order chi connectivity index (χ1) is 9.50. The topological polar surface area (TPSA) is 92.1 Å². The molecule has 8 heteroatoms. The molecule has 1 fully saturated rings. The Bertz CT molecular complexity index is 719. The summed E-state index contributed by atoms with van der Waals surface area (Å²) in [5.41, 5.74) is 1.30. The highest BCUT2D eigenvalue weighted by Crippen LogP contribution is 2.37. The number of H-pyrrole nitrogens is 1. The third-order valence-corrected chi connectivity index (χ3v) is 5.57. The Morgan fingerprint density at radius 2 is 2.25 bits per heavy atom. The molecule has 2 aromatic rings. The molecule has 3 heterocycles. The smallest absolute Gasteiger partial charge is 0.247 e. The number of hydrogen-bond acceptors (Lipinski definition) is 5. The summed E-state index contributed by atoms with van der Waals surface area (Å²) in [7, 11) is -3.56. The molecule has 0 bridgehead atoms. The van der Waals surface area contributed by atoms with Crippen molar-refractivity contribution in [2.75, 3.05) is 6.54 Å². The molecule has 1 unspecified atom stereocenters. The molecule has 0 saturated carbocycles. The van der Waals surface area contributed by atoms with Crippen LogP contribution in [0, 0.1) is 13.8 Å². The fourth-order valence-electron chi connectivity index (χ4n) is 2.58. The largest absolute Gasteiger partial charge is 0.359 e. The lowest BCUT2D eigenvalue weighted by atomic mass is 10.2. The van der Waals surface area contributed by atoms with Gasteiger partial charge in [0.15, 0.2) is 5.76 Å². The molecule has 0 aromatic carbocycles. The molecule has 108 valence electrons. The molecule has 0 radical (unpaired) electrons. The molecule has 20 heavy (non-hydrogen) atoms. The molecule has 1 saturated heterocycles. The van der Waals surface area contributed by atoms with E-state index in [1.807, 2.05) is 6.92 Å². The zero-order chi connectivity index (χ0) is 14.3. The van der Waals surface area contributed by atoms with E-state index in [0.717, 1.165) is 18.5 Å². The van der Waals surface area contributed by atoms with Crippen LogP contribution >= 0.6 is 0 Å². The van der Waals surface area contributed by atoms with Crippen molar-refractivity contribution < 1.29 is 12.9 Å². The van der Waals surface area contributed by atoms with Crippen molar-refractivity contribution in [2.45, 2.75) is 37.6 Å². The molecule has 0 amide bonds. The van der Waals surface area contributed by atoms with Crippen LogP contribution in [-0.4, -0.2) is 34.6 Å². The lowest BCUT2D eigenvalue weighted by molar-refractivity contribution is 0.297. The zero-order valence-corrected chi connectivity index (χ0v) is 12.1. The van der Waals surface area contributed by atoms with E-state index < -0.39 is 10.0 Å². The van der Waals surface area contributed by atoms with E-state index in [1.54, 1.807) is 13.0 Å². The van der Waals surface area contributed by atoms with Crippen molar-refractivity contribution in [3.05, 3.63) is 29.4 Å². The highest BCUT2D eigenvalue weighted by Gasteiger charge is 2.39. The number of sulfonamides is 1. The highest BCUT2D eigenvalue weighted by atomic mass is 32.2. The number of nitrogens with one attached hydrogen (secondary N) is 1. The summed E-state index contributed by atoms with van der Waals surface area (Å²) in [6.45, 7) is 4.00. The highest BCUT2D eigenvalue weighted by molar-refractivity contribution is 7.89. The van der Waals surface area contributed by atoms with Gasteiger partial charge >= 0.3 is 0 Å². The van der Waals surface area contributed by atoms with E-state index in [4.69, 9.17) is 4.52 Å². The van der Waals surface area contributed by atoms with Crippen LogP contribution in [0.2, 0.25) is 0 Å². The van der Waals surface area contributed by atoms with Gasteiger partial charge in [0.2, 0.25) is 10.0 Å². The molecular formula is C12H16N4O3S. The number of hydrogen-bond donors (Lipinski definition) is 1. The third kappa shape index (κ3) is 2.04. The first kappa shape index (κ1) is 13.3. The predicted octanol–water partition coefficient (Wildman–Crippen LogP) is 1.54. The third-order valence-electron chi connectivity index (χ3n) is 3.55. The van der Waals surface area contributed by atoms with Crippen molar-refractivity contribution in [2.24, 2.45) is 0 Å². The number of aryl methyl sites for hydroxylation is 2. The fraction of sp³-hybridized carbons (Fsp3) is 0.500. The van der Waals surface area contributed by atoms with Gasteiger partial charge in [-0.15, -0.1) is 0 Å². The summed E-state index contributed by atoms with van der Waals surface area (Å²) in [4.78, 5) is 0.223. The van der Waals surface area contributed by atoms with Crippen molar-refractivity contribution in [1.82, 2.24) is 19.7 Å². The summed E-state index contributed by atoms with van der Waals surface area (Å²) in [6.07, 6.45) is 2.90. The minimum absolute atomic E-state index is 0.223. The number of rotatable bonds is 3. The normalized spacial score (nSPS) is 20.6. The van der Waals surface area contributed by atoms with Crippen LogP contribution in [0.4, 0.5) is 0 Å². The maximum atomic E-state index is 12.7. The minimum atomic E-state index is -3.56. The van der Waals surface area contributed by atoms with Gasteiger partial charge in [0, 0.05) is 12.6 Å². The Morgan fingerprint density at radius 1 is 1.45 bits per heavy atom. The average Bonchev–Trinajstić information content (AvgIpc) is 3.07. The van der Waals surface area contributed by atoms with Gasteiger partial charge in [-0.2, -0.15) is 9.40 Å². The second kappa shape index (κ2) is 4.71. The Hall–Kier alpha value is -1.67. The summed E-state index contributed by atoms with van der Waals surface area (Å²) < 4.78 is 32.1. The van der Waals surface area contributed by atoms with Crippen molar-refractivity contribution >= 4 is 10.0 Å². The molecule has 1 atom stereocenters. The number of nitrogens with zero attached hydrogens (tertiary/aromatic N) is 3. The van der Waals surface area contributed by atoms with Gasteiger partial charge in [-0.25, -0.2) is 8.42 Å². The minimum Gasteiger partial charge on any atom is -0.359 e. The Balaban J connectivity index is 1.99. The summed E-state index contributed by atoms with van der Waals surface area (Å²) in [5, 5.41) is 10.3. The molecule has 1 aliphatic rings. The summed E-state index contributed by atoms with van der Waals surface area (Å²) in [5.74, 6) is 0.602. The SMILES string of the molecule is Cc1cc(C2CCCN2S(=O)(=O)c2cn[nH]c2C)on1. The van der Waals surface area contributed by atoms with Gasteiger partial charge in [0.25, 0.3) is 0 Å². The van der Waals surface area contributed by atoms with Gasteiger partial charge < -0.3 is 4.52 Å². The van der Waals surface area contributed by atoms with Crippen LogP contribution in [0.3, 0.4) is 0 Å². The molecule has 7 nitrogen and oxygen atoms in total. The van der Waals surface area contributed by atoms with Crippen LogP contribution < -0.4 is 0 Å². The van der Waals surface area contributed by atoms with E-state index in [0.29, 0.717) is 18.0 Å². The van der Waals surface area contributed by atoms with Crippen LogP contribution in [0.5, 0.6) is 0 Å². The summed E-state index contributed by atoms with van der Waals surface area (Å²) in [6, 6.07) is 1.51. The molecule has 1 N–H and O–H groups in total.